The number of benzene rings is 2. The average Bonchev–Trinajstić information content (AvgIpc) is 3.47. The Bertz CT molecular complexity index is 823. The molecule has 5 rings (SSSR count). The molecule has 0 bridgehead atoms. The number of hydrogen-bond acceptors (Lipinski definition) is 3. The Morgan fingerprint density at radius 3 is 2.20 bits per heavy atom. The van der Waals surface area contributed by atoms with E-state index in [1.54, 1.807) is 0 Å². The number of rotatable bonds is 5. The lowest BCUT2D eigenvalue weighted by molar-refractivity contribution is -0.0885. The van der Waals surface area contributed by atoms with Gasteiger partial charge in [0.25, 0.3) is 8.32 Å². The minimum atomic E-state index is -2.50. The monoisotopic (exact) mass is 422 g/mol. The summed E-state index contributed by atoms with van der Waals surface area (Å²) in [4.78, 5) is 0. The lowest BCUT2D eigenvalue weighted by atomic mass is 9.75. The van der Waals surface area contributed by atoms with E-state index in [-0.39, 0.29) is 16.7 Å². The van der Waals surface area contributed by atoms with Crippen LogP contribution < -0.4 is 10.4 Å². The van der Waals surface area contributed by atoms with Gasteiger partial charge in [-0.25, -0.2) is 0 Å². The van der Waals surface area contributed by atoms with Gasteiger partial charge in [-0.2, -0.15) is 0 Å². The Labute approximate surface area is 181 Å². The second-order valence-electron chi connectivity index (χ2n) is 10.3. The minimum absolute atomic E-state index is 0.00400. The lowest BCUT2D eigenvalue weighted by Gasteiger charge is -2.45. The van der Waals surface area contributed by atoms with Crippen LogP contribution in [0.5, 0.6) is 0 Å². The smallest absolute Gasteiger partial charge is 0.261 e. The van der Waals surface area contributed by atoms with Crippen LogP contribution in [0.15, 0.2) is 60.7 Å². The van der Waals surface area contributed by atoms with E-state index in [4.69, 9.17) is 13.9 Å². The SMILES string of the molecule is CC(C)(C)[Si](OCC1CC[C@@H]2O[C@@]23CCCO[C@H]13)(c1ccccc1)c1ccccc1. The first-order valence-electron chi connectivity index (χ1n) is 11.5. The van der Waals surface area contributed by atoms with E-state index < -0.39 is 8.32 Å². The summed E-state index contributed by atoms with van der Waals surface area (Å²) in [6.45, 7) is 8.64. The second kappa shape index (κ2) is 7.59. The van der Waals surface area contributed by atoms with E-state index in [2.05, 4.69) is 81.4 Å². The lowest BCUT2D eigenvalue weighted by Crippen LogP contribution is -2.67. The van der Waals surface area contributed by atoms with Crippen molar-refractivity contribution in [2.24, 2.45) is 5.92 Å². The fourth-order valence-corrected chi connectivity index (χ4v) is 10.7. The van der Waals surface area contributed by atoms with Crippen LogP contribution in [-0.2, 0) is 13.9 Å². The predicted molar refractivity (Wildman–Crippen MR) is 123 cm³/mol. The van der Waals surface area contributed by atoms with Crippen LogP contribution in [0.2, 0.25) is 5.04 Å². The topological polar surface area (TPSA) is 31.0 Å². The maximum absolute atomic E-state index is 7.22. The molecular formula is C26H34O3Si. The summed E-state index contributed by atoms with van der Waals surface area (Å²) in [6.07, 6.45) is 5.17. The van der Waals surface area contributed by atoms with Gasteiger partial charge in [-0.3, -0.25) is 0 Å². The first kappa shape index (κ1) is 20.4. The molecule has 1 saturated carbocycles. The summed E-state index contributed by atoms with van der Waals surface area (Å²) < 4.78 is 19.7. The van der Waals surface area contributed by atoms with Crippen LogP contribution >= 0.6 is 0 Å². The van der Waals surface area contributed by atoms with Gasteiger partial charge < -0.3 is 13.9 Å². The average molecular weight is 423 g/mol. The summed E-state index contributed by atoms with van der Waals surface area (Å²) in [5.74, 6) is 0.408. The molecule has 30 heavy (non-hydrogen) atoms. The van der Waals surface area contributed by atoms with Crippen LogP contribution in [0.1, 0.15) is 46.5 Å². The van der Waals surface area contributed by atoms with Gasteiger partial charge in [-0.05, 0) is 41.1 Å². The third-order valence-electron chi connectivity index (χ3n) is 7.50. The zero-order chi connectivity index (χ0) is 20.8. The van der Waals surface area contributed by atoms with Crippen LogP contribution in [0.25, 0.3) is 0 Å². The van der Waals surface area contributed by atoms with E-state index in [9.17, 15) is 0 Å². The van der Waals surface area contributed by atoms with Gasteiger partial charge in [0.15, 0.2) is 0 Å². The number of ether oxygens (including phenoxy) is 2. The van der Waals surface area contributed by atoms with E-state index >= 15 is 0 Å². The summed E-state index contributed by atoms with van der Waals surface area (Å²) in [6, 6.07) is 21.9. The Balaban J connectivity index is 1.50. The van der Waals surface area contributed by atoms with Crippen LogP contribution in [0.3, 0.4) is 0 Å². The van der Waals surface area contributed by atoms with Crippen molar-refractivity contribution in [3.05, 3.63) is 60.7 Å². The molecule has 3 nitrogen and oxygen atoms in total. The normalized spacial score (nSPS) is 31.0. The number of hydrogen-bond donors (Lipinski definition) is 0. The molecule has 4 heteroatoms. The van der Waals surface area contributed by atoms with Crippen molar-refractivity contribution in [3.63, 3.8) is 0 Å². The van der Waals surface area contributed by atoms with Crippen LogP contribution in [0.4, 0.5) is 0 Å². The second-order valence-corrected chi connectivity index (χ2v) is 14.6. The molecule has 1 spiro atoms. The molecular weight excluding hydrogens is 388 g/mol. The van der Waals surface area contributed by atoms with Gasteiger partial charge in [0.2, 0.25) is 0 Å². The Kier molecular flexibility index (Phi) is 5.17. The standard InChI is InChI=1S/C26H34O3Si/c1-25(2,3)30(21-11-6-4-7-12-21,22-13-8-5-9-14-22)28-19-20-15-16-23-26(29-23)17-10-18-27-24(20)26/h4-9,11-14,20,23-24H,10,15-19H2,1-3H3/t20?,23-,24+,26-/m0/s1. The van der Waals surface area contributed by atoms with E-state index in [0.717, 1.165) is 38.9 Å². The largest absolute Gasteiger partial charge is 0.407 e. The van der Waals surface area contributed by atoms with Gasteiger partial charge in [0.05, 0.1) is 12.2 Å². The molecule has 2 saturated heterocycles. The summed E-state index contributed by atoms with van der Waals surface area (Å²) in [5, 5.41) is 2.70. The first-order valence-corrected chi connectivity index (χ1v) is 13.4. The highest BCUT2D eigenvalue weighted by atomic mass is 28.4. The quantitative estimate of drug-likeness (QED) is 0.532. The highest BCUT2D eigenvalue weighted by Crippen LogP contribution is 2.55. The molecule has 2 aromatic rings. The summed E-state index contributed by atoms with van der Waals surface area (Å²) >= 11 is 0. The molecule has 3 fully saturated rings. The van der Waals surface area contributed by atoms with E-state index in [1.807, 2.05) is 0 Å². The van der Waals surface area contributed by atoms with E-state index in [0.29, 0.717) is 12.0 Å². The highest BCUT2D eigenvalue weighted by Gasteiger charge is 2.66. The van der Waals surface area contributed by atoms with Gasteiger partial charge in [0, 0.05) is 19.1 Å². The summed E-state index contributed by atoms with van der Waals surface area (Å²) in [7, 11) is -2.50. The fraction of sp³-hybridized carbons (Fsp3) is 0.538. The van der Waals surface area contributed by atoms with Crippen molar-refractivity contribution in [2.75, 3.05) is 13.2 Å². The molecule has 160 valence electrons. The van der Waals surface area contributed by atoms with Gasteiger partial charge in [0.1, 0.15) is 5.60 Å². The van der Waals surface area contributed by atoms with Crippen molar-refractivity contribution in [3.8, 4) is 0 Å². The van der Waals surface area contributed by atoms with Gasteiger partial charge >= 0.3 is 0 Å². The zero-order valence-electron chi connectivity index (χ0n) is 18.5. The molecule has 3 aliphatic rings. The Morgan fingerprint density at radius 2 is 1.60 bits per heavy atom. The van der Waals surface area contributed by atoms with Crippen molar-refractivity contribution in [2.45, 2.75) is 69.3 Å². The van der Waals surface area contributed by atoms with Crippen molar-refractivity contribution in [1.29, 1.82) is 0 Å². The van der Waals surface area contributed by atoms with Crippen molar-refractivity contribution in [1.82, 2.24) is 0 Å². The maximum Gasteiger partial charge on any atom is 0.261 e. The molecule has 0 amide bonds. The molecule has 4 atom stereocenters. The predicted octanol–water partition coefficient (Wildman–Crippen LogP) is 4.29. The van der Waals surface area contributed by atoms with Crippen molar-refractivity contribution < 1.29 is 13.9 Å². The third-order valence-corrected chi connectivity index (χ3v) is 12.5. The highest BCUT2D eigenvalue weighted by molar-refractivity contribution is 6.99. The fourth-order valence-electron chi connectivity index (χ4n) is 6.06. The number of epoxide rings is 1. The Hall–Kier alpha value is -1.46. The molecule has 2 aromatic carbocycles. The minimum Gasteiger partial charge on any atom is -0.407 e. The zero-order valence-corrected chi connectivity index (χ0v) is 19.5. The Morgan fingerprint density at radius 1 is 0.967 bits per heavy atom. The molecule has 0 aromatic heterocycles. The molecule has 1 unspecified atom stereocenters. The summed E-state index contributed by atoms with van der Waals surface area (Å²) in [5.41, 5.74) is -0.00400. The molecule has 0 radical (unpaired) electrons. The van der Waals surface area contributed by atoms with Crippen LogP contribution in [-0.4, -0.2) is 39.3 Å². The molecule has 2 heterocycles. The van der Waals surface area contributed by atoms with E-state index in [1.165, 1.54) is 10.4 Å². The van der Waals surface area contributed by atoms with Gasteiger partial charge in [-0.15, -0.1) is 0 Å². The maximum atomic E-state index is 7.22. The first-order chi connectivity index (χ1) is 14.5. The molecule has 1 aliphatic carbocycles. The van der Waals surface area contributed by atoms with Crippen molar-refractivity contribution >= 4 is 18.7 Å². The third kappa shape index (κ3) is 3.20. The van der Waals surface area contributed by atoms with Crippen LogP contribution in [0, 0.1) is 5.92 Å². The molecule has 0 N–H and O–H groups in total. The molecule has 2 aliphatic heterocycles. The van der Waals surface area contributed by atoms with Gasteiger partial charge in [-0.1, -0.05) is 81.4 Å².